The number of ether oxygens (including phenoxy) is 1. The standard InChI is InChI=1S/C18H17ClN4O3S/c1-18(11-3-9-14(26-2)10-4-11)15(24)23(17(25)21-18)22-16(27)20-13-7-5-12(19)6-8-13/h3-10H,1-2H3,(H,21,25)(H2,20,22,27)/t18-/m1/s1. The van der Waals surface area contributed by atoms with Gasteiger partial charge in [-0.3, -0.25) is 10.2 Å². The molecule has 1 fully saturated rings. The third-order valence-corrected chi connectivity index (χ3v) is 4.62. The van der Waals surface area contributed by atoms with Crippen molar-refractivity contribution in [3.63, 3.8) is 0 Å². The Morgan fingerprint density at radius 3 is 2.37 bits per heavy atom. The van der Waals surface area contributed by atoms with Crippen molar-refractivity contribution in [3.8, 4) is 5.75 Å². The highest BCUT2D eigenvalue weighted by Crippen LogP contribution is 2.29. The van der Waals surface area contributed by atoms with E-state index in [1.54, 1.807) is 62.6 Å². The first-order valence-electron chi connectivity index (χ1n) is 7.98. The monoisotopic (exact) mass is 404 g/mol. The van der Waals surface area contributed by atoms with E-state index in [1.807, 2.05) is 0 Å². The Morgan fingerprint density at radius 1 is 1.15 bits per heavy atom. The molecule has 3 rings (SSSR count). The molecule has 0 unspecified atom stereocenters. The maximum absolute atomic E-state index is 12.9. The Morgan fingerprint density at radius 2 is 1.78 bits per heavy atom. The molecule has 1 heterocycles. The molecule has 9 heteroatoms. The third-order valence-electron chi connectivity index (χ3n) is 4.17. The summed E-state index contributed by atoms with van der Waals surface area (Å²) in [6.07, 6.45) is 0. The van der Waals surface area contributed by atoms with Crippen molar-refractivity contribution in [2.24, 2.45) is 0 Å². The first kappa shape index (κ1) is 18.9. The largest absolute Gasteiger partial charge is 0.497 e. The molecule has 3 amide bonds. The molecular formula is C18H17ClN4O3S. The summed E-state index contributed by atoms with van der Waals surface area (Å²) in [5, 5.41) is 7.12. The van der Waals surface area contributed by atoms with Crippen LogP contribution in [0.4, 0.5) is 10.5 Å². The maximum atomic E-state index is 12.9. The molecule has 1 saturated heterocycles. The lowest BCUT2D eigenvalue weighted by Crippen LogP contribution is -2.49. The van der Waals surface area contributed by atoms with Crippen LogP contribution in [0.25, 0.3) is 0 Å². The van der Waals surface area contributed by atoms with E-state index in [0.29, 0.717) is 22.0 Å². The van der Waals surface area contributed by atoms with Gasteiger partial charge in [0.25, 0.3) is 5.91 Å². The van der Waals surface area contributed by atoms with Crippen LogP contribution in [0.3, 0.4) is 0 Å². The van der Waals surface area contributed by atoms with Crippen molar-refractivity contribution >= 4 is 46.6 Å². The summed E-state index contributed by atoms with van der Waals surface area (Å²) in [4.78, 5) is 25.2. The van der Waals surface area contributed by atoms with Crippen LogP contribution in [0.15, 0.2) is 48.5 Å². The van der Waals surface area contributed by atoms with Crippen LogP contribution in [0.1, 0.15) is 12.5 Å². The minimum atomic E-state index is -1.22. The van der Waals surface area contributed by atoms with Crippen molar-refractivity contribution in [2.75, 3.05) is 12.4 Å². The number of thiocarbonyl (C=S) groups is 1. The molecule has 1 atom stereocenters. The van der Waals surface area contributed by atoms with Crippen LogP contribution < -0.4 is 20.8 Å². The highest BCUT2D eigenvalue weighted by Gasteiger charge is 2.49. The van der Waals surface area contributed by atoms with E-state index in [4.69, 9.17) is 28.6 Å². The molecule has 0 aliphatic carbocycles. The number of carbonyl (C=O) groups is 2. The number of methoxy groups -OCH3 is 1. The number of nitrogens with one attached hydrogen (secondary N) is 3. The number of hydrogen-bond acceptors (Lipinski definition) is 4. The van der Waals surface area contributed by atoms with E-state index >= 15 is 0 Å². The second-order valence-corrected chi connectivity index (χ2v) is 6.84. The van der Waals surface area contributed by atoms with Crippen molar-refractivity contribution in [3.05, 3.63) is 59.1 Å². The smallest absolute Gasteiger partial charge is 0.344 e. The van der Waals surface area contributed by atoms with Gasteiger partial charge >= 0.3 is 6.03 Å². The number of nitrogens with zero attached hydrogens (tertiary/aromatic N) is 1. The summed E-state index contributed by atoms with van der Waals surface area (Å²) >= 11 is 11.0. The van der Waals surface area contributed by atoms with Gasteiger partial charge in [-0.05, 0) is 61.1 Å². The van der Waals surface area contributed by atoms with Crippen LogP contribution in [0.5, 0.6) is 5.75 Å². The first-order valence-corrected chi connectivity index (χ1v) is 8.76. The maximum Gasteiger partial charge on any atom is 0.344 e. The number of anilines is 1. The summed E-state index contributed by atoms with van der Waals surface area (Å²) in [7, 11) is 1.56. The highest BCUT2D eigenvalue weighted by molar-refractivity contribution is 7.80. The summed E-state index contributed by atoms with van der Waals surface area (Å²) in [6.45, 7) is 1.63. The highest BCUT2D eigenvalue weighted by atomic mass is 35.5. The van der Waals surface area contributed by atoms with Crippen molar-refractivity contribution in [2.45, 2.75) is 12.5 Å². The van der Waals surface area contributed by atoms with Gasteiger partial charge in [-0.1, -0.05) is 23.7 Å². The van der Waals surface area contributed by atoms with E-state index in [1.165, 1.54) is 0 Å². The minimum absolute atomic E-state index is 0.0970. The van der Waals surface area contributed by atoms with Crippen molar-refractivity contribution in [1.82, 2.24) is 15.8 Å². The molecule has 140 valence electrons. The fraction of sp³-hybridized carbons (Fsp3) is 0.167. The van der Waals surface area contributed by atoms with Crippen molar-refractivity contribution in [1.29, 1.82) is 0 Å². The van der Waals surface area contributed by atoms with Gasteiger partial charge in [-0.25, -0.2) is 4.79 Å². The van der Waals surface area contributed by atoms with Crippen LogP contribution in [-0.2, 0) is 10.3 Å². The number of carbonyl (C=O) groups excluding carboxylic acids is 2. The third kappa shape index (κ3) is 3.81. The fourth-order valence-corrected chi connectivity index (χ4v) is 2.99. The molecule has 2 aromatic carbocycles. The predicted octanol–water partition coefficient (Wildman–Crippen LogP) is 3.02. The number of urea groups is 1. The van der Waals surface area contributed by atoms with E-state index in [0.717, 1.165) is 5.01 Å². The second kappa shape index (κ2) is 7.42. The lowest BCUT2D eigenvalue weighted by atomic mass is 9.92. The number of rotatable bonds is 4. The summed E-state index contributed by atoms with van der Waals surface area (Å²) in [5.41, 5.74) is 2.70. The molecule has 0 bridgehead atoms. The molecule has 0 saturated carbocycles. The number of hydrazine groups is 1. The van der Waals surface area contributed by atoms with E-state index in [2.05, 4.69) is 16.1 Å². The molecule has 0 spiro atoms. The number of hydrogen-bond donors (Lipinski definition) is 3. The second-order valence-electron chi connectivity index (χ2n) is 6.00. The SMILES string of the molecule is COc1ccc([C@@]2(C)NC(=O)N(NC(=S)Nc3ccc(Cl)cc3)C2=O)cc1. The lowest BCUT2D eigenvalue weighted by molar-refractivity contribution is -0.132. The van der Waals surface area contributed by atoms with Gasteiger partial charge in [0.2, 0.25) is 0 Å². The van der Waals surface area contributed by atoms with Crippen molar-refractivity contribution < 1.29 is 14.3 Å². The first-order chi connectivity index (χ1) is 12.8. The van der Waals surface area contributed by atoms with Gasteiger partial charge in [-0.2, -0.15) is 5.01 Å². The molecule has 1 aliphatic rings. The van der Waals surface area contributed by atoms with Gasteiger partial charge in [-0.15, -0.1) is 0 Å². The average molecular weight is 405 g/mol. The summed E-state index contributed by atoms with van der Waals surface area (Å²) in [5.74, 6) is 0.181. The zero-order valence-electron chi connectivity index (χ0n) is 14.6. The fourth-order valence-electron chi connectivity index (χ4n) is 2.65. The zero-order valence-corrected chi connectivity index (χ0v) is 16.1. The van der Waals surface area contributed by atoms with Gasteiger partial charge in [0, 0.05) is 10.7 Å². The van der Waals surface area contributed by atoms with Crippen LogP contribution in [0, 0.1) is 0 Å². The molecule has 27 heavy (non-hydrogen) atoms. The minimum Gasteiger partial charge on any atom is -0.497 e. The van der Waals surface area contributed by atoms with Gasteiger partial charge < -0.3 is 15.4 Å². The number of imide groups is 1. The van der Waals surface area contributed by atoms with Gasteiger partial charge in [0.15, 0.2) is 5.11 Å². The van der Waals surface area contributed by atoms with Crippen LogP contribution in [-0.4, -0.2) is 29.2 Å². The number of amides is 3. The lowest BCUT2D eigenvalue weighted by Gasteiger charge is -2.23. The Balaban J connectivity index is 1.73. The summed E-state index contributed by atoms with van der Waals surface area (Å²) in [6, 6.07) is 13.1. The Hall–Kier alpha value is -2.84. The van der Waals surface area contributed by atoms with Gasteiger partial charge in [0.05, 0.1) is 7.11 Å². The van der Waals surface area contributed by atoms with E-state index in [-0.39, 0.29) is 5.11 Å². The molecule has 1 aliphatic heterocycles. The molecule has 7 nitrogen and oxygen atoms in total. The molecule has 0 aromatic heterocycles. The molecule has 2 aromatic rings. The molecule has 0 radical (unpaired) electrons. The van der Waals surface area contributed by atoms with E-state index < -0.39 is 17.5 Å². The average Bonchev–Trinajstić information content (AvgIpc) is 2.88. The zero-order chi connectivity index (χ0) is 19.6. The van der Waals surface area contributed by atoms with Crippen LogP contribution >= 0.6 is 23.8 Å². The topological polar surface area (TPSA) is 82.7 Å². The number of benzene rings is 2. The molecular weight excluding hydrogens is 388 g/mol. The predicted molar refractivity (Wildman–Crippen MR) is 107 cm³/mol. The Kier molecular flexibility index (Phi) is 5.20. The van der Waals surface area contributed by atoms with Crippen LogP contribution in [0.2, 0.25) is 5.02 Å². The Bertz CT molecular complexity index is 888. The van der Waals surface area contributed by atoms with E-state index in [9.17, 15) is 9.59 Å². The van der Waals surface area contributed by atoms with Gasteiger partial charge in [0.1, 0.15) is 11.3 Å². The quantitative estimate of drug-likeness (QED) is 0.536. The summed E-state index contributed by atoms with van der Waals surface area (Å²) < 4.78 is 5.12. The normalized spacial score (nSPS) is 18.9. The molecule has 3 N–H and O–H groups in total. The Labute approximate surface area is 166 Å². The number of halogens is 1.